The Kier molecular flexibility index (Phi) is 3.38. The molecule has 2 aromatic carbocycles. The molecule has 2 aromatic rings. The summed E-state index contributed by atoms with van der Waals surface area (Å²) in [6.45, 7) is 7.19. The molecule has 0 aromatic heterocycles. The number of halogens is 2. The summed E-state index contributed by atoms with van der Waals surface area (Å²) in [5.74, 6) is -0.747. The van der Waals surface area contributed by atoms with Gasteiger partial charge in [0.15, 0.2) is 0 Å². The van der Waals surface area contributed by atoms with E-state index in [0.717, 1.165) is 0 Å². The van der Waals surface area contributed by atoms with Gasteiger partial charge in [-0.25, -0.2) is 8.78 Å². The molecule has 0 bridgehead atoms. The van der Waals surface area contributed by atoms with Crippen molar-refractivity contribution in [3.05, 3.63) is 72.3 Å². The summed E-state index contributed by atoms with van der Waals surface area (Å²) in [4.78, 5) is 0. The van der Waals surface area contributed by atoms with E-state index in [-0.39, 0.29) is 11.6 Å². The van der Waals surface area contributed by atoms with E-state index in [1.54, 1.807) is 24.3 Å². The normalized spacial score (nSPS) is 10.1. The quantitative estimate of drug-likeness (QED) is 0.716. The maximum atomic E-state index is 13.7. The number of rotatable bonds is 3. The highest BCUT2D eigenvalue weighted by Gasteiger charge is 2.12. The van der Waals surface area contributed by atoms with Crippen LogP contribution in [-0.4, -0.2) is 0 Å². The second kappa shape index (κ2) is 4.96. The van der Waals surface area contributed by atoms with Gasteiger partial charge in [-0.2, -0.15) is 0 Å². The number of benzene rings is 2. The molecule has 0 nitrogen and oxygen atoms in total. The van der Waals surface area contributed by atoms with Crippen molar-refractivity contribution in [1.29, 1.82) is 0 Å². The topological polar surface area (TPSA) is 0 Å². The highest BCUT2D eigenvalue weighted by atomic mass is 19.1. The van der Waals surface area contributed by atoms with Gasteiger partial charge in [0.25, 0.3) is 0 Å². The average Bonchev–Trinajstić information content (AvgIpc) is 2.38. The van der Waals surface area contributed by atoms with Crippen molar-refractivity contribution in [2.75, 3.05) is 0 Å². The standard InChI is InChI=1S/C16H12F2/c1-3-11-13(7-5-9-15(11)17)14-8-6-10-16(18)12(14)4-2/h3-10H,1-2H2. The van der Waals surface area contributed by atoms with E-state index < -0.39 is 0 Å². The summed E-state index contributed by atoms with van der Waals surface area (Å²) in [5.41, 5.74) is 1.95. The third kappa shape index (κ3) is 1.97. The summed E-state index contributed by atoms with van der Waals surface area (Å²) in [6, 6.07) is 9.37. The first kappa shape index (κ1) is 12.2. The SMILES string of the molecule is C=Cc1c(F)cccc1-c1cccc(F)c1C=C. The fourth-order valence-corrected chi connectivity index (χ4v) is 1.96. The van der Waals surface area contributed by atoms with Crippen LogP contribution >= 0.6 is 0 Å². The minimum absolute atomic E-state index is 0.367. The van der Waals surface area contributed by atoms with Crippen molar-refractivity contribution >= 4 is 12.2 Å². The van der Waals surface area contributed by atoms with Crippen LogP contribution in [0.1, 0.15) is 11.1 Å². The van der Waals surface area contributed by atoms with Crippen LogP contribution in [0.5, 0.6) is 0 Å². The van der Waals surface area contributed by atoms with Gasteiger partial charge in [0.05, 0.1) is 0 Å². The Morgan fingerprint density at radius 1 is 0.722 bits per heavy atom. The van der Waals surface area contributed by atoms with E-state index in [1.165, 1.54) is 24.3 Å². The Hall–Kier alpha value is -2.22. The molecule has 0 atom stereocenters. The van der Waals surface area contributed by atoms with Crippen LogP contribution in [0.25, 0.3) is 23.3 Å². The molecule has 0 unspecified atom stereocenters. The van der Waals surface area contributed by atoms with Crippen LogP contribution in [-0.2, 0) is 0 Å². The lowest BCUT2D eigenvalue weighted by atomic mass is 9.94. The molecular weight excluding hydrogens is 230 g/mol. The highest BCUT2D eigenvalue weighted by Crippen LogP contribution is 2.31. The molecule has 0 saturated carbocycles. The minimum atomic E-state index is -0.373. The fourth-order valence-electron chi connectivity index (χ4n) is 1.96. The molecule has 2 heteroatoms. The van der Waals surface area contributed by atoms with Crippen LogP contribution in [0.3, 0.4) is 0 Å². The van der Waals surface area contributed by atoms with Gasteiger partial charge in [0.2, 0.25) is 0 Å². The Morgan fingerprint density at radius 2 is 1.11 bits per heavy atom. The summed E-state index contributed by atoms with van der Waals surface area (Å²) in [5, 5.41) is 0. The Balaban J connectivity index is 2.77. The van der Waals surface area contributed by atoms with Crippen molar-refractivity contribution in [3.8, 4) is 11.1 Å². The highest BCUT2D eigenvalue weighted by molar-refractivity contribution is 5.81. The minimum Gasteiger partial charge on any atom is -0.206 e. The van der Waals surface area contributed by atoms with Gasteiger partial charge in [-0.15, -0.1) is 0 Å². The lowest BCUT2D eigenvalue weighted by molar-refractivity contribution is 0.623. The third-order valence-electron chi connectivity index (χ3n) is 2.80. The Bertz CT molecular complexity index is 557. The lowest BCUT2D eigenvalue weighted by Gasteiger charge is -2.11. The molecule has 0 radical (unpaired) electrons. The van der Waals surface area contributed by atoms with Crippen molar-refractivity contribution in [1.82, 2.24) is 0 Å². The van der Waals surface area contributed by atoms with Crippen LogP contribution in [0.4, 0.5) is 8.78 Å². The molecule has 2 rings (SSSR count). The Morgan fingerprint density at radius 3 is 1.44 bits per heavy atom. The molecule has 0 heterocycles. The van der Waals surface area contributed by atoms with E-state index in [9.17, 15) is 8.78 Å². The second-order valence-corrected chi connectivity index (χ2v) is 3.81. The summed E-state index contributed by atoms with van der Waals surface area (Å²) < 4.78 is 27.4. The van der Waals surface area contributed by atoms with Crippen molar-refractivity contribution < 1.29 is 8.78 Å². The molecule has 0 aliphatic rings. The molecule has 18 heavy (non-hydrogen) atoms. The summed E-state index contributed by atoms with van der Waals surface area (Å²) >= 11 is 0. The van der Waals surface area contributed by atoms with E-state index in [1.807, 2.05) is 0 Å². The molecule has 0 aliphatic heterocycles. The van der Waals surface area contributed by atoms with Gasteiger partial charge in [0, 0.05) is 11.1 Å². The van der Waals surface area contributed by atoms with Gasteiger partial charge in [0.1, 0.15) is 11.6 Å². The van der Waals surface area contributed by atoms with E-state index in [2.05, 4.69) is 13.2 Å². The second-order valence-electron chi connectivity index (χ2n) is 3.81. The van der Waals surface area contributed by atoms with Gasteiger partial charge in [-0.1, -0.05) is 49.6 Å². The van der Waals surface area contributed by atoms with Crippen LogP contribution in [0, 0.1) is 11.6 Å². The maximum Gasteiger partial charge on any atom is 0.131 e. The maximum absolute atomic E-state index is 13.7. The summed E-state index contributed by atoms with van der Waals surface area (Å²) in [7, 11) is 0. The molecule has 0 fully saturated rings. The zero-order valence-corrected chi connectivity index (χ0v) is 9.79. The van der Waals surface area contributed by atoms with Crippen molar-refractivity contribution in [3.63, 3.8) is 0 Å². The molecule has 0 amide bonds. The van der Waals surface area contributed by atoms with Crippen molar-refractivity contribution in [2.24, 2.45) is 0 Å². The first-order valence-electron chi connectivity index (χ1n) is 5.51. The molecular formula is C16H12F2. The first-order valence-corrected chi connectivity index (χ1v) is 5.51. The number of hydrogen-bond acceptors (Lipinski definition) is 0. The van der Waals surface area contributed by atoms with E-state index >= 15 is 0 Å². The predicted octanol–water partition coefficient (Wildman–Crippen LogP) is 4.92. The predicted molar refractivity (Wildman–Crippen MR) is 72.0 cm³/mol. The lowest BCUT2D eigenvalue weighted by Crippen LogP contribution is -1.92. The van der Waals surface area contributed by atoms with Gasteiger partial charge >= 0.3 is 0 Å². The van der Waals surface area contributed by atoms with Gasteiger partial charge in [-0.3, -0.25) is 0 Å². The van der Waals surface area contributed by atoms with Gasteiger partial charge in [-0.05, 0) is 23.3 Å². The molecule has 0 N–H and O–H groups in total. The van der Waals surface area contributed by atoms with Crippen LogP contribution in [0.2, 0.25) is 0 Å². The monoisotopic (exact) mass is 242 g/mol. The van der Waals surface area contributed by atoms with Gasteiger partial charge < -0.3 is 0 Å². The van der Waals surface area contributed by atoms with Crippen LogP contribution < -0.4 is 0 Å². The first-order chi connectivity index (χ1) is 8.69. The zero-order valence-electron chi connectivity index (χ0n) is 9.79. The van der Waals surface area contributed by atoms with Crippen molar-refractivity contribution in [2.45, 2.75) is 0 Å². The molecule has 0 spiro atoms. The molecule has 90 valence electrons. The zero-order chi connectivity index (χ0) is 13.1. The largest absolute Gasteiger partial charge is 0.206 e. The summed E-state index contributed by atoms with van der Waals surface area (Å²) in [6.07, 6.45) is 2.87. The van der Waals surface area contributed by atoms with Crippen LogP contribution in [0.15, 0.2) is 49.6 Å². The Labute approximate surface area is 105 Å². The fraction of sp³-hybridized carbons (Fsp3) is 0. The number of hydrogen-bond donors (Lipinski definition) is 0. The molecule has 0 saturated heterocycles. The smallest absolute Gasteiger partial charge is 0.131 e. The average molecular weight is 242 g/mol. The van der Waals surface area contributed by atoms with E-state index in [4.69, 9.17) is 0 Å². The third-order valence-corrected chi connectivity index (χ3v) is 2.80. The molecule has 0 aliphatic carbocycles. The van der Waals surface area contributed by atoms with E-state index in [0.29, 0.717) is 22.3 Å².